The summed E-state index contributed by atoms with van der Waals surface area (Å²) in [4.78, 5) is 29.7. The number of halogens is 6. The van der Waals surface area contributed by atoms with Gasteiger partial charge in [-0.15, -0.1) is 23.2 Å². The number of aromatic nitrogens is 5. The van der Waals surface area contributed by atoms with Gasteiger partial charge in [-0.3, -0.25) is 14.3 Å². The molecule has 0 radical (unpaired) electrons. The number of aryl methyl sites for hydroxylation is 2. The van der Waals surface area contributed by atoms with Crippen LogP contribution in [-0.2, 0) is 29.2 Å². The van der Waals surface area contributed by atoms with Crippen LogP contribution in [0.15, 0.2) is 24.4 Å². The maximum Gasteiger partial charge on any atom is 0.414 e. The molecule has 3 N–H and O–H groups in total. The Labute approximate surface area is 293 Å². The zero-order chi connectivity index (χ0) is 36.5. The Hall–Kier alpha value is -3.05. The van der Waals surface area contributed by atoms with E-state index in [0.717, 1.165) is 16.4 Å². The number of hydrogen-bond donors (Lipinski definition) is 3. The molecule has 3 aromatic heterocycles. The number of nitrogens with zero attached hydrogens (tertiary/aromatic N) is 5. The fraction of sp³-hybridized carbons (Fsp3) is 0.581. The third-order valence-corrected chi connectivity index (χ3v) is 9.77. The average Bonchev–Trinajstić information content (AvgIpc) is 3.60. The molecule has 0 saturated heterocycles. The van der Waals surface area contributed by atoms with Crippen molar-refractivity contribution in [3.8, 4) is 11.1 Å². The number of carbonyl (C=O) groups excluding carboxylic acids is 2. The lowest BCUT2D eigenvalue weighted by molar-refractivity contribution is -0.206. The molecular formula is C31H43Cl2F4N7O4Si. The van der Waals surface area contributed by atoms with E-state index in [0.29, 0.717) is 37.1 Å². The van der Waals surface area contributed by atoms with Crippen LogP contribution in [-0.4, -0.2) is 79.3 Å². The summed E-state index contributed by atoms with van der Waals surface area (Å²) in [6.07, 6.45) is -5.70. The maximum atomic E-state index is 15.5. The van der Waals surface area contributed by atoms with E-state index in [9.17, 15) is 27.9 Å². The van der Waals surface area contributed by atoms with Crippen LogP contribution >= 0.6 is 23.2 Å². The van der Waals surface area contributed by atoms with Crippen molar-refractivity contribution in [2.45, 2.75) is 108 Å². The molecule has 0 aliphatic carbocycles. The molecule has 2 amide bonds. The summed E-state index contributed by atoms with van der Waals surface area (Å²) in [5.41, 5.74) is 2.02. The molecule has 0 fully saturated rings. The van der Waals surface area contributed by atoms with Gasteiger partial charge in [-0.05, 0) is 56.9 Å². The third-order valence-electron chi connectivity index (χ3n) is 7.63. The van der Waals surface area contributed by atoms with Crippen LogP contribution in [0.4, 0.5) is 23.4 Å². The number of nitrogens with one attached hydrogen (secondary N) is 2. The minimum Gasteiger partial charge on any atom is -0.384 e. The predicted octanol–water partition coefficient (Wildman–Crippen LogP) is 6.49. The highest BCUT2D eigenvalue weighted by Crippen LogP contribution is 2.31. The van der Waals surface area contributed by atoms with Gasteiger partial charge in [0.05, 0.1) is 5.69 Å². The maximum absolute atomic E-state index is 15.5. The summed E-state index contributed by atoms with van der Waals surface area (Å²) in [7, 11) is -1.27. The first-order chi connectivity index (χ1) is 22.9. The summed E-state index contributed by atoms with van der Waals surface area (Å²) in [6.45, 7) is 10.9. The summed E-state index contributed by atoms with van der Waals surface area (Å²) in [5, 5.41) is 22.8. The van der Waals surface area contributed by atoms with E-state index in [-0.39, 0.29) is 30.2 Å². The molecular weight excluding hydrogens is 709 g/mol. The van der Waals surface area contributed by atoms with Crippen LogP contribution in [0.1, 0.15) is 54.5 Å². The van der Waals surface area contributed by atoms with Crippen molar-refractivity contribution in [1.29, 1.82) is 0 Å². The summed E-state index contributed by atoms with van der Waals surface area (Å²) < 4.78 is 62.4. The van der Waals surface area contributed by atoms with Crippen LogP contribution in [0.2, 0.25) is 25.7 Å². The van der Waals surface area contributed by atoms with Gasteiger partial charge in [0.25, 0.3) is 5.91 Å². The minimum atomic E-state index is -4.83. The normalized spacial score (nSPS) is 13.5. The van der Waals surface area contributed by atoms with Crippen LogP contribution in [0.25, 0.3) is 11.1 Å². The Morgan fingerprint density at radius 2 is 1.82 bits per heavy atom. The van der Waals surface area contributed by atoms with E-state index in [2.05, 4.69) is 45.5 Å². The van der Waals surface area contributed by atoms with Gasteiger partial charge in [0.15, 0.2) is 6.10 Å². The summed E-state index contributed by atoms with van der Waals surface area (Å²) >= 11 is 11.7. The lowest BCUT2D eigenvalue weighted by Gasteiger charge is -2.19. The van der Waals surface area contributed by atoms with E-state index in [1.807, 2.05) is 6.92 Å². The molecule has 11 nitrogen and oxygen atoms in total. The number of alkyl halides is 5. The Bertz CT molecular complexity index is 1560. The Kier molecular flexibility index (Phi) is 14.6. The zero-order valence-electron chi connectivity index (χ0n) is 28.1. The molecule has 0 bridgehead atoms. The van der Waals surface area contributed by atoms with E-state index in [1.165, 1.54) is 24.4 Å². The molecule has 0 aromatic carbocycles. The monoisotopic (exact) mass is 751 g/mol. The molecule has 272 valence electrons. The quantitative estimate of drug-likeness (QED) is 0.0445. The van der Waals surface area contributed by atoms with Crippen molar-refractivity contribution in [3.05, 3.63) is 47.4 Å². The number of hydrogen-bond acceptors (Lipinski definition) is 7. The van der Waals surface area contributed by atoms with E-state index >= 15 is 4.39 Å². The molecule has 0 aliphatic rings. The Morgan fingerprint density at radius 1 is 1.10 bits per heavy atom. The number of carbonyl (C=O) groups is 2. The first-order valence-corrected chi connectivity index (χ1v) is 20.5. The number of aliphatic hydroxyl groups excluding tert-OH is 1. The van der Waals surface area contributed by atoms with E-state index in [1.54, 1.807) is 11.6 Å². The topological polar surface area (TPSA) is 136 Å². The molecule has 2 atom stereocenters. The molecule has 3 heterocycles. The van der Waals surface area contributed by atoms with Crippen LogP contribution in [0, 0.1) is 12.9 Å². The van der Waals surface area contributed by atoms with Gasteiger partial charge in [0.2, 0.25) is 11.9 Å². The van der Waals surface area contributed by atoms with Crippen LogP contribution in [0.3, 0.4) is 0 Å². The van der Waals surface area contributed by atoms with Gasteiger partial charge >= 0.3 is 6.18 Å². The zero-order valence-corrected chi connectivity index (χ0v) is 30.6. The van der Waals surface area contributed by atoms with E-state index in [4.69, 9.17) is 27.9 Å². The number of ether oxygens (including phenoxy) is 1. The number of pyridine rings is 1. The van der Waals surface area contributed by atoms with Gasteiger partial charge in [-0.25, -0.2) is 9.67 Å². The summed E-state index contributed by atoms with van der Waals surface area (Å²) in [5.74, 6) is -2.47. The molecule has 3 rings (SSSR count). The third kappa shape index (κ3) is 12.0. The molecule has 0 aliphatic heterocycles. The van der Waals surface area contributed by atoms with E-state index < -0.39 is 62.0 Å². The Balaban J connectivity index is 1.76. The van der Waals surface area contributed by atoms with Crippen molar-refractivity contribution in [2.24, 2.45) is 0 Å². The van der Waals surface area contributed by atoms with Crippen LogP contribution in [0.5, 0.6) is 0 Å². The predicted molar refractivity (Wildman–Crippen MR) is 182 cm³/mol. The van der Waals surface area contributed by atoms with Gasteiger partial charge in [-0.2, -0.15) is 27.8 Å². The van der Waals surface area contributed by atoms with Crippen molar-refractivity contribution >= 4 is 48.9 Å². The molecule has 3 aromatic rings. The summed E-state index contributed by atoms with van der Waals surface area (Å²) in [6, 6.07) is 4.01. The molecule has 0 saturated carbocycles. The number of rotatable bonds is 18. The second-order valence-corrected chi connectivity index (χ2v) is 19.7. The molecule has 1 unspecified atom stereocenters. The molecule has 18 heteroatoms. The highest BCUT2D eigenvalue weighted by Gasteiger charge is 2.38. The first kappa shape index (κ1) is 40.4. The number of amides is 2. The lowest BCUT2D eigenvalue weighted by Crippen LogP contribution is -2.44. The molecule has 49 heavy (non-hydrogen) atoms. The second-order valence-electron chi connectivity index (χ2n) is 12.8. The van der Waals surface area contributed by atoms with Gasteiger partial charge < -0.3 is 20.5 Å². The van der Waals surface area contributed by atoms with Crippen molar-refractivity contribution < 1.29 is 37.0 Å². The highest BCUT2D eigenvalue weighted by molar-refractivity contribution is 6.76. The number of anilines is 1. The first-order valence-electron chi connectivity index (χ1n) is 15.9. The smallest absolute Gasteiger partial charge is 0.384 e. The Morgan fingerprint density at radius 3 is 2.43 bits per heavy atom. The second kappa shape index (κ2) is 17.7. The van der Waals surface area contributed by atoms with Crippen molar-refractivity contribution in [3.63, 3.8) is 0 Å². The molecule has 0 spiro atoms. The van der Waals surface area contributed by atoms with Gasteiger partial charge in [0, 0.05) is 50.7 Å². The lowest BCUT2D eigenvalue weighted by atomic mass is 10.0. The average molecular weight is 753 g/mol. The highest BCUT2D eigenvalue weighted by atomic mass is 35.5. The fourth-order valence-corrected chi connectivity index (χ4v) is 6.03. The SMILES string of the molecule is CCc1c(-c2ccc(NC(=O)[C@H](CCCC(Cl)Cl)NC(=O)c3ccnn3CCC(O)C(F)(F)F)nc2F)c(C)nn1COCC[Si](C)(C)C. The number of aliphatic hydroxyl groups is 1. The fourth-order valence-electron chi connectivity index (χ4n) is 4.97. The minimum absolute atomic E-state index is 0.0766. The standard InChI is InChI=1S/C31H43Cl2F4N7O4Si/c1-6-22-27(19(2)42-44(22)18-48-16-17-49(3,4)5)20-10-11-26(40-28(20)34)41-29(46)21(8-7-9-25(32)33)39-30(47)23-12-14-38-43(23)15-13-24(45)31(35,36)37/h10-12,14,21,24-25,45H,6-9,13,15-18H2,1-5H3,(H,39,47)(H,40,41,46)/t21-,24?/m0/s1. The van der Waals surface area contributed by atoms with Gasteiger partial charge in [-0.1, -0.05) is 26.6 Å². The largest absolute Gasteiger partial charge is 0.414 e. The van der Waals surface area contributed by atoms with Crippen LogP contribution < -0.4 is 10.6 Å². The van der Waals surface area contributed by atoms with Crippen molar-refractivity contribution in [2.75, 3.05) is 11.9 Å². The van der Waals surface area contributed by atoms with Crippen molar-refractivity contribution in [1.82, 2.24) is 29.9 Å². The van der Waals surface area contributed by atoms with Gasteiger partial charge in [0.1, 0.15) is 29.1 Å².